The molecule has 1 aliphatic heterocycles. The summed E-state index contributed by atoms with van der Waals surface area (Å²) < 4.78 is 5.39. The van der Waals surface area contributed by atoms with Crippen LogP contribution in [0.2, 0.25) is 0 Å². The highest BCUT2D eigenvalue weighted by atomic mass is 32.1. The molecular formula is C17H22N2OS. The van der Waals surface area contributed by atoms with Crippen molar-refractivity contribution in [3.8, 4) is 0 Å². The van der Waals surface area contributed by atoms with E-state index < -0.39 is 0 Å². The highest BCUT2D eigenvalue weighted by molar-refractivity contribution is 7.10. The Morgan fingerprint density at radius 2 is 1.95 bits per heavy atom. The molecule has 0 spiro atoms. The van der Waals surface area contributed by atoms with Crippen LogP contribution in [0.5, 0.6) is 0 Å². The van der Waals surface area contributed by atoms with Crippen molar-refractivity contribution in [1.82, 2.24) is 5.32 Å². The van der Waals surface area contributed by atoms with Gasteiger partial charge in [-0.3, -0.25) is 0 Å². The van der Waals surface area contributed by atoms with Crippen LogP contribution in [0.25, 0.3) is 0 Å². The number of hydrogen-bond donors (Lipinski definition) is 1. The van der Waals surface area contributed by atoms with E-state index >= 15 is 0 Å². The Morgan fingerprint density at radius 3 is 2.62 bits per heavy atom. The summed E-state index contributed by atoms with van der Waals surface area (Å²) in [7, 11) is 0. The van der Waals surface area contributed by atoms with Crippen molar-refractivity contribution in [2.75, 3.05) is 31.2 Å². The highest BCUT2D eigenvalue weighted by Crippen LogP contribution is 2.20. The Bertz CT molecular complexity index is 532. The summed E-state index contributed by atoms with van der Waals surface area (Å²) in [4.78, 5) is 3.77. The van der Waals surface area contributed by atoms with Gasteiger partial charge in [0, 0.05) is 36.2 Å². The van der Waals surface area contributed by atoms with Gasteiger partial charge in [-0.05, 0) is 36.1 Å². The van der Waals surface area contributed by atoms with Gasteiger partial charge < -0.3 is 15.0 Å². The van der Waals surface area contributed by atoms with Crippen LogP contribution in [-0.2, 0) is 11.3 Å². The van der Waals surface area contributed by atoms with Gasteiger partial charge in [0.05, 0.1) is 13.2 Å². The van der Waals surface area contributed by atoms with E-state index in [-0.39, 0.29) is 0 Å². The number of thiophene rings is 1. The smallest absolute Gasteiger partial charge is 0.0642 e. The van der Waals surface area contributed by atoms with Crippen molar-refractivity contribution in [2.24, 2.45) is 0 Å². The lowest BCUT2D eigenvalue weighted by Crippen LogP contribution is -2.36. The average molecular weight is 302 g/mol. The predicted molar refractivity (Wildman–Crippen MR) is 89.0 cm³/mol. The molecule has 0 bridgehead atoms. The van der Waals surface area contributed by atoms with E-state index in [2.05, 4.69) is 58.9 Å². The van der Waals surface area contributed by atoms with Crippen molar-refractivity contribution in [3.05, 3.63) is 52.2 Å². The first-order valence-corrected chi connectivity index (χ1v) is 8.39. The van der Waals surface area contributed by atoms with E-state index in [4.69, 9.17) is 4.74 Å². The third kappa shape index (κ3) is 3.84. The fraction of sp³-hybridized carbons (Fsp3) is 0.412. The van der Waals surface area contributed by atoms with Gasteiger partial charge in [-0.25, -0.2) is 0 Å². The van der Waals surface area contributed by atoms with E-state index in [0.717, 1.165) is 32.8 Å². The van der Waals surface area contributed by atoms with E-state index in [1.807, 2.05) is 0 Å². The standard InChI is InChI=1S/C17H22N2OS/c1-14(17-3-2-12-21-17)18-13-15-4-6-16(7-5-15)19-8-10-20-11-9-19/h2-7,12,14,18H,8-11,13H2,1H3/t14-/m0/s1. The molecule has 1 N–H and O–H groups in total. The zero-order chi connectivity index (χ0) is 14.5. The minimum Gasteiger partial charge on any atom is -0.378 e. The molecule has 0 unspecified atom stereocenters. The van der Waals surface area contributed by atoms with E-state index in [0.29, 0.717) is 6.04 Å². The molecule has 1 aliphatic rings. The van der Waals surface area contributed by atoms with Crippen LogP contribution >= 0.6 is 11.3 Å². The van der Waals surface area contributed by atoms with Crippen LogP contribution < -0.4 is 10.2 Å². The number of rotatable bonds is 5. The van der Waals surface area contributed by atoms with Gasteiger partial charge in [-0.1, -0.05) is 18.2 Å². The van der Waals surface area contributed by atoms with Gasteiger partial charge in [0.2, 0.25) is 0 Å². The monoisotopic (exact) mass is 302 g/mol. The Hall–Kier alpha value is -1.36. The van der Waals surface area contributed by atoms with Crippen molar-refractivity contribution < 1.29 is 4.74 Å². The van der Waals surface area contributed by atoms with Crippen LogP contribution in [0, 0.1) is 0 Å². The third-order valence-electron chi connectivity index (χ3n) is 3.89. The highest BCUT2D eigenvalue weighted by Gasteiger charge is 2.11. The maximum absolute atomic E-state index is 5.39. The molecule has 1 fully saturated rings. The Labute approximate surface area is 130 Å². The lowest BCUT2D eigenvalue weighted by atomic mass is 10.1. The van der Waals surface area contributed by atoms with Gasteiger partial charge in [0.1, 0.15) is 0 Å². The first-order valence-electron chi connectivity index (χ1n) is 7.51. The molecule has 0 radical (unpaired) electrons. The molecular weight excluding hydrogens is 280 g/mol. The molecule has 0 saturated carbocycles. The Balaban J connectivity index is 1.54. The summed E-state index contributed by atoms with van der Waals surface area (Å²) in [5.41, 5.74) is 2.63. The van der Waals surface area contributed by atoms with Crippen LogP contribution in [0.4, 0.5) is 5.69 Å². The minimum atomic E-state index is 0.406. The lowest BCUT2D eigenvalue weighted by Gasteiger charge is -2.29. The van der Waals surface area contributed by atoms with Gasteiger partial charge >= 0.3 is 0 Å². The molecule has 0 amide bonds. The molecule has 3 nitrogen and oxygen atoms in total. The van der Waals surface area contributed by atoms with Gasteiger partial charge in [0.15, 0.2) is 0 Å². The Morgan fingerprint density at radius 1 is 1.19 bits per heavy atom. The van der Waals surface area contributed by atoms with Crippen molar-refractivity contribution in [2.45, 2.75) is 19.5 Å². The molecule has 112 valence electrons. The molecule has 1 aromatic heterocycles. The van der Waals surface area contributed by atoms with Crippen LogP contribution in [0.3, 0.4) is 0 Å². The number of nitrogens with zero attached hydrogens (tertiary/aromatic N) is 1. The first-order chi connectivity index (χ1) is 10.3. The van der Waals surface area contributed by atoms with E-state index in [1.54, 1.807) is 11.3 Å². The van der Waals surface area contributed by atoms with Gasteiger partial charge in [-0.2, -0.15) is 0 Å². The lowest BCUT2D eigenvalue weighted by molar-refractivity contribution is 0.122. The fourth-order valence-corrected chi connectivity index (χ4v) is 3.31. The topological polar surface area (TPSA) is 24.5 Å². The fourth-order valence-electron chi connectivity index (χ4n) is 2.56. The summed E-state index contributed by atoms with van der Waals surface area (Å²) in [6.07, 6.45) is 0. The van der Waals surface area contributed by atoms with Gasteiger partial charge in [0.25, 0.3) is 0 Å². The van der Waals surface area contributed by atoms with Crippen LogP contribution in [0.15, 0.2) is 41.8 Å². The van der Waals surface area contributed by atoms with Crippen molar-refractivity contribution in [3.63, 3.8) is 0 Å². The second-order valence-corrected chi connectivity index (χ2v) is 6.36. The molecule has 0 aliphatic carbocycles. The molecule has 1 atom stereocenters. The zero-order valence-corrected chi connectivity index (χ0v) is 13.2. The molecule has 1 aromatic carbocycles. The molecule has 4 heteroatoms. The zero-order valence-electron chi connectivity index (χ0n) is 12.4. The number of morpholine rings is 1. The normalized spacial score (nSPS) is 16.9. The number of ether oxygens (including phenoxy) is 1. The van der Waals surface area contributed by atoms with E-state index in [1.165, 1.54) is 16.1 Å². The third-order valence-corrected chi connectivity index (χ3v) is 4.95. The summed E-state index contributed by atoms with van der Waals surface area (Å²) >= 11 is 1.81. The predicted octanol–water partition coefficient (Wildman–Crippen LogP) is 3.44. The van der Waals surface area contributed by atoms with E-state index in [9.17, 15) is 0 Å². The summed E-state index contributed by atoms with van der Waals surface area (Å²) in [5, 5.41) is 5.71. The maximum atomic E-state index is 5.39. The second-order valence-electron chi connectivity index (χ2n) is 5.38. The second kappa shape index (κ2) is 7.07. The Kier molecular flexibility index (Phi) is 4.91. The molecule has 2 heterocycles. The van der Waals surface area contributed by atoms with Crippen LogP contribution in [-0.4, -0.2) is 26.3 Å². The number of anilines is 1. The molecule has 2 aromatic rings. The summed E-state index contributed by atoms with van der Waals surface area (Å²) in [6.45, 7) is 6.78. The average Bonchev–Trinajstić information content (AvgIpc) is 3.08. The van der Waals surface area contributed by atoms with Crippen molar-refractivity contribution >= 4 is 17.0 Å². The number of nitrogens with one attached hydrogen (secondary N) is 1. The van der Waals surface area contributed by atoms with Crippen LogP contribution in [0.1, 0.15) is 23.4 Å². The largest absolute Gasteiger partial charge is 0.378 e. The number of hydrogen-bond acceptors (Lipinski definition) is 4. The van der Waals surface area contributed by atoms with Crippen molar-refractivity contribution in [1.29, 1.82) is 0 Å². The van der Waals surface area contributed by atoms with Gasteiger partial charge in [-0.15, -0.1) is 11.3 Å². The summed E-state index contributed by atoms with van der Waals surface area (Å²) in [6, 6.07) is 13.6. The quantitative estimate of drug-likeness (QED) is 0.916. The first kappa shape index (κ1) is 14.6. The minimum absolute atomic E-state index is 0.406. The molecule has 3 rings (SSSR count). The molecule has 21 heavy (non-hydrogen) atoms. The maximum Gasteiger partial charge on any atom is 0.0642 e. The molecule has 1 saturated heterocycles. The number of benzene rings is 1. The SMILES string of the molecule is C[C@H](NCc1ccc(N2CCOCC2)cc1)c1cccs1. The summed E-state index contributed by atoms with van der Waals surface area (Å²) in [5.74, 6) is 0.